The van der Waals surface area contributed by atoms with Crippen molar-refractivity contribution in [2.24, 2.45) is 0 Å². The Kier molecular flexibility index (Phi) is 4.11. The monoisotopic (exact) mass is 265 g/mol. The van der Waals surface area contributed by atoms with Crippen molar-refractivity contribution >= 4 is 34.1 Å². The second-order valence-electron chi connectivity index (χ2n) is 3.31. The number of thiazole rings is 1. The lowest BCUT2D eigenvalue weighted by atomic mass is 10.3. The van der Waals surface area contributed by atoms with Crippen LogP contribution in [0, 0.1) is 0 Å². The first kappa shape index (κ1) is 12.1. The van der Waals surface area contributed by atoms with Gasteiger partial charge < -0.3 is 5.32 Å². The van der Waals surface area contributed by atoms with E-state index < -0.39 is 0 Å². The van der Waals surface area contributed by atoms with Crippen LogP contribution in [-0.2, 0) is 10.5 Å². The van der Waals surface area contributed by atoms with Gasteiger partial charge >= 0.3 is 0 Å². The first-order valence-corrected chi connectivity index (χ1v) is 6.79. The molecule has 0 aliphatic rings. The molecule has 0 spiro atoms. The summed E-state index contributed by atoms with van der Waals surface area (Å²) in [5.41, 5.74) is 1.22. The number of carbonyl (C=O) groups excluding carboxylic acids is 1. The summed E-state index contributed by atoms with van der Waals surface area (Å²) in [5, 5.41) is 3.32. The van der Waals surface area contributed by atoms with Gasteiger partial charge in [0.25, 0.3) is 0 Å². The van der Waals surface area contributed by atoms with Crippen LogP contribution in [0.4, 0.5) is 5.13 Å². The lowest BCUT2D eigenvalue weighted by Crippen LogP contribution is -2.04. The van der Waals surface area contributed by atoms with Crippen LogP contribution >= 0.6 is 23.1 Å². The number of rotatable bonds is 4. The Balaban J connectivity index is 1.91. The maximum atomic E-state index is 10.8. The summed E-state index contributed by atoms with van der Waals surface area (Å²) in [6, 6.07) is 3.98. The molecular weight excluding hydrogens is 254 g/mol. The molecule has 2 rings (SSSR count). The van der Waals surface area contributed by atoms with Crippen LogP contribution in [0.1, 0.15) is 12.5 Å². The van der Waals surface area contributed by atoms with Gasteiger partial charge in [-0.3, -0.25) is 9.78 Å². The molecule has 1 amide bonds. The summed E-state index contributed by atoms with van der Waals surface area (Å²) in [7, 11) is 0. The second kappa shape index (κ2) is 5.79. The van der Waals surface area contributed by atoms with Crippen LogP contribution in [0.15, 0.2) is 34.9 Å². The average molecular weight is 265 g/mol. The van der Waals surface area contributed by atoms with E-state index in [1.165, 1.54) is 23.8 Å². The Labute approximate surface area is 107 Å². The van der Waals surface area contributed by atoms with Crippen molar-refractivity contribution in [1.29, 1.82) is 0 Å². The quantitative estimate of drug-likeness (QED) is 0.864. The molecule has 6 heteroatoms. The molecule has 0 saturated heterocycles. The molecule has 0 bridgehead atoms. The number of nitrogens with zero attached hydrogens (tertiary/aromatic N) is 2. The van der Waals surface area contributed by atoms with Crippen LogP contribution in [-0.4, -0.2) is 15.9 Å². The normalized spacial score (nSPS) is 10.2. The molecule has 2 heterocycles. The van der Waals surface area contributed by atoms with Gasteiger partial charge in [-0.1, -0.05) is 11.3 Å². The van der Waals surface area contributed by atoms with Gasteiger partial charge in [-0.15, -0.1) is 11.8 Å². The second-order valence-corrected chi connectivity index (χ2v) is 5.62. The number of anilines is 1. The van der Waals surface area contributed by atoms with E-state index in [9.17, 15) is 4.79 Å². The van der Waals surface area contributed by atoms with E-state index in [0.29, 0.717) is 5.13 Å². The van der Waals surface area contributed by atoms with Crippen LogP contribution < -0.4 is 5.32 Å². The molecule has 2 aromatic rings. The smallest absolute Gasteiger partial charge is 0.223 e. The molecule has 0 unspecified atom stereocenters. The Morgan fingerprint density at radius 1 is 1.47 bits per heavy atom. The fraction of sp³-hybridized carbons (Fsp3) is 0.182. The van der Waals surface area contributed by atoms with Crippen LogP contribution in [0.2, 0.25) is 0 Å². The standard InChI is InChI=1S/C11H11N3OS2/c1-8(15)14-11-13-6-10(17-11)16-7-9-2-4-12-5-3-9/h2-6H,7H2,1H3,(H,13,14,15). The molecule has 1 N–H and O–H groups in total. The average Bonchev–Trinajstić information content (AvgIpc) is 2.75. The number of carbonyl (C=O) groups is 1. The number of hydrogen-bond acceptors (Lipinski definition) is 5. The van der Waals surface area contributed by atoms with E-state index in [1.807, 2.05) is 12.1 Å². The third-order valence-corrected chi connectivity index (χ3v) is 4.08. The highest BCUT2D eigenvalue weighted by Gasteiger charge is 2.04. The fourth-order valence-electron chi connectivity index (χ4n) is 1.17. The Morgan fingerprint density at radius 2 is 2.24 bits per heavy atom. The topological polar surface area (TPSA) is 54.9 Å². The van der Waals surface area contributed by atoms with Gasteiger partial charge in [0.1, 0.15) is 0 Å². The minimum Gasteiger partial charge on any atom is -0.302 e. The third kappa shape index (κ3) is 3.83. The SMILES string of the molecule is CC(=O)Nc1ncc(SCc2ccncc2)s1. The van der Waals surface area contributed by atoms with Crippen molar-refractivity contribution in [1.82, 2.24) is 9.97 Å². The van der Waals surface area contributed by atoms with Crippen molar-refractivity contribution in [3.63, 3.8) is 0 Å². The molecule has 0 atom stereocenters. The predicted molar refractivity (Wildman–Crippen MR) is 70.2 cm³/mol. The van der Waals surface area contributed by atoms with Gasteiger partial charge in [0, 0.05) is 25.1 Å². The first-order chi connectivity index (χ1) is 8.24. The summed E-state index contributed by atoms with van der Waals surface area (Å²) in [4.78, 5) is 18.9. The maximum absolute atomic E-state index is 10.8. The minimum absolute atomic E-state index is 0.0926. The van der Waals surface area contributed by atoms with E-state index in [2.05, 4.69) is 15.3 Å². The first-order valence-electron chi connectivity index (χ1n) is 4.99. The summed E-state index contributed by atoms with van der Waals surface area (Å²) in [6.07, 6.45) is 5.35. The molecule has 0 radical (unpaired) electrons. The number of aromatic nitrogens is 2. The summed E-state index contributed by atoms with van der Waals surface area (Å²) in [5.74, 6) is 0.787. The molecule has 4 nitrogen and oxygen atoms in total. The molecular formula is C11H11N3OS2. The molecule has 2 aromatic heterocycles. The molecule has 17 heavy (non-hydrogen) atoms. The summed E-state index contributed by atoms with van der Waals surface area (Å²) in [6.45, 7) is 1.48. The minimum atomic E-state index is -0.0926. The lowest BCUT2D eigenvalue weighted by Gasteiger charge is -1.97. The van der Waals surface area contributed by atoms with Crippen LogP contribution in [0.3, 0.4) is 0 Å². The molecule has 0 aromatic carbocycles. The molecule has 0 fully saturated rings. The van der Waals surface area contributed by atoms with Crippen molar-refractivity contribution in [3.8, 4) is 0 Å². The predicted octanol–water partition coefficient (Wildman–Crippen LogP) is 2.79. The van der Waals surface area contributed by atoms with E-state index in [-0.39, 0.29) is 5.91 Å². The fourth-order valence-corrected chi connectivity index (χ4v) is 3.04. The Morgan fingerprint density at radius 3 is 2.94 bits per heavy atom. The van der Waals surface area contributed by atoms with Gasteiger partial charge in [-0.25, -0.2) is 4.98 Å². The van der Waals surface area contributed by atoms with E-state index in [1.54, 1.807) is 30.4 Å². The van der Waals surface area contributed by atoms with Crippen molar-refractivity contribution < 1.29 is 4.79 Å². The third-order valence-electron chi connectivity index (χ3n) is 1.90. The number of pyridine rings is 1. The van der Waals surface area contributed by atoms with Gasteiger partial charge in [0.05, 0.1) is 10.4 Å². The Bertz CT molecular complexity index is 498. The maximum Gasteiger partial charge on any atom is 0.223 e. The van der Waals surface area contributed by atoms with Crippen molar-refractivity contribution in [3.05, 3.63) is 36.3 Å². The van der Waals surface area contributed by atoms with E-state index in [0.717, 1.165) is 9.96 Å². The number of hydrogen-bond donors (Lipinski definition) is 1. The molecule has 0 saturated carbocycles. The summed E-state index contributed by atoms with van der Waals surface area (Å²) < 4.78 is 1.09. The zero-order chi connectivity index (χ0) is 12.1. The summed E-state index contributed by atoms with van der Waals surface area (Å²) >= 11 is 3.18. The van der Waals surface area contributed by atoms with Gasteiger partial charge in [-0.2, -0.15) is 0 Å². The van der Waals surface area contributed by atoms with Crippen molar-refractivity contribution in [2.45, 2.75) is 16.9 Å². The van der Waals surface area contributed by atoms with E-state index >= 15 is 0 Å². The number of amides is 1. The van der Waals surface area contributed by atoms with Crippen LogP contribution in [0.25, 0.3) is 0 Å². The zero-order valence-corrected chi connectivity index (χ0v) is 10.8. The highest BCUT2D eigenvalue weighted by Crippen LogP contribution is 2.30. The molecule has 0 aliphatic carbocycles. The number of nitrogens with one attached hydrogen (secondary N) is 1. The van der Waals surface area contributed by atoms with Gasteiger partial charge in [0.2, 0.25) is 5.91 Å². The van der Waals surface area contributed by atoms with Crippen molar-refractivity contribution in [2.75, 3.05) is 5.32 Å². The van der Waals surface area contributed by atoms with Gasteiger partial charge in [0.15, 0.2) is 5.13 Å². The Hall–Kier alpha value is -1.40. The highest BCUT2D eigenvalue weighted by atomic mass is 32.2. The molecule has 0 aliphatic heterocycles. The van der Waals surface area contributed by atoms with Crippen LogP contribution in [0.5, 0.6) is 0 Å². The number of thioether (sulfide) groups is 1. The highest BCUT2D eigenvalue weighted by molar-refractivity contribution is 8.00. The van der Waals surface area contributed by atoms with Gasteiger partial charge in [-0.05, 0) is 17.7 Å². The largest absolute Gasteiger partial charge is 0.302 e. The lowest BCUT2D eigenvalue weighted by molar-refractivity contribution is -0.114. The zero-order valence-electron chi connectivity index (χ0n) is 9.21. The van der Waals surface area contributed by atoms with E-state index in [4.69, 9.17) is 0 Å². The molecule has 88 valence electrons.